The van der Waals surface area contributed by atoms with Crippen LogP contribution in [0.4, 0.5) is 0 Å². The summed E-state index contributed by atoms with van der Waals surface area (Å²) < 4.78 is 1.26. The van der Waals surface area contributed by atoms with Gasteiger partial charge in [0.1, 0.15) is 0 Å². The highest BCUT2D eigenvalue weighted by Gasteiger charge is 2.44. The number of pyridine rings is 1. The van der Waals surface area contributed by atoms with Crippen LogP contribution in [-0.2, 0) is 0 Å². The number of nitrogens with zero attached hydrogens (tertiary/aromatic N) is 2. The van der Waals surface area contributed by atoms with Gasteiger partial charge < -0.3 is 0 Å². The summed E-state index contributed by atoms with van der Waals surface area (Å²) in [6.07, 6.45) is 8.09. The normalized spacial score (nSPS) is 34.9. The molecule has 2 bridgehead atoms. The highest BCUT2D eigenvalue weighted by atomic mass is 127. The van der Waals surface area contributed by atoms with Crippen LogP contribution in [0.25, 0.3) is 0 Å². The van der Waals surface area contributed by atoms with Gasteiger partial charge in [-0.25, -0.2) is 0 Å². The van der Waals surface area contributed by atoms with Gasteiger partial charge >= 0.3 is 0 Å². The van der Waals surface area contributed by atoms with Crippen LogP contribution in [-0.4, -0.2) is 29.0 Å². The first-order valence-electron chi connectivity index (χ1n) is 5.58. The number of hydrogen-bond acceptors (Lipinski definition) is 2. The van der Waals surface area contributed by atoms with Gasteiger partial charge in [0, 0.05) is 34.0 Å². The van der Waals surface area contributed by atoms with E-state index in [0.717, 1.165) is 18.0 Å². The molecule has 0 spiro atoms. The molecule has 0 saturated carbocycles. The fourth-order valence-corrected chi connectivity index (χ4v) is 3.77. The van der Waals surface area contributed by atoms with Gasteiger partial charge in [0.15, 0.2) is 0 Å². The second-order valence-corrected chi connectivity index (χ2v) is 5.99. The Kier molecular flexibility index (Phi) is 2.47. The van der Waals surface area contributed by atoms with E-state index in [4.69, 9.17) is 0 Å². The molecule has 2 fully saturated rings. The van der Waals surface area contributed by atoms with Gasteiger partial charge in [-0.05, 0) is 60.5 Å². The molecule has 2 saturated heterocycles. The summed E-state index contributed by atoms with van der Waals surface area (Å²) in [7, 11) is 2.28. The third-order valence-electron chi connectivity index (χ3n) is 4.04. The summed E-state index contributed by atoms with van der Waals surface area (Å²) in [5, 5.41) is 0. The van der Waals surface area contributed by atoms with Crippen molar-refractivity contribution < 1.29 is 0 Å². The molecule has 3 heteroatoms. The lowest BCUT2D eigenvalue weighted by Gasteiger charge is -2.21. The standard InChI is InChI=1S/C12H15IN2/c1-15-10-2-3-12(15)11(5-10)8-4-9(13)7-14-6-8/h4,6-7,10-12H,2-3,5H2,1H3/t10-,11-,12-/m1/s1. The molecule has 1 aromatic rings. The van der Waals surface area contributed by atoms with E-state index in [9.17, 15) is 0 Å². The van der Waals surface area contributed by atoms with Crippen LogP contribution in [0.5, 0.6) is 0 Å². The second-order valence-electron chi connectivity index (χ2n) is 4.74. The number of halogens is 1. The van der Waals surface area contributed by atoms with Crippen molar-refractivity contribution in [3.63, 3.8) is 0 Å². The van der Waals surface area contributed by atoms with Gasteiger partial charge in [0.2, 0.25) is 0 Å². The van der Waals surface area contributed by atoms with Crippen molar-refractivity contribution in [1.82, 2.24) is 9.88 Å². The van der Waals surface area contributed by atoms with E-state index in [1.807, 2.05) is 6.20 Å². The predicted octanol–water partition coefficient (Wildman–Crippen LogP) is 2.64. The van der Waals surface area contributed by atoms with Crippen molar-refractivity contribution in [2.24, 2.45) is 0 Å². The van der Waals surface area contributed by atoms with E-state index in [0.29, 0.717) is 0 Å². The maximum Gasteiger partial charge on any atom is 0.0401 e. The minimum Gasteiger partial charge on any atom is -0.300 e. The minimum atomic E-state index is 0.732. The Morgan fingerprint density at radius 1 is 1.40 bits per heavy atom. The van der Waals surface area contributed by atoms with Gasteiger partial charge in [0.25, 0.3) is 0 Å². The molecule has 2 aliphatic heterocycles. The molecule has 0 aromatic carbocycles. The van der Waals surface area contributed by atoms with Crippen molar-refractivity contribution in [3.8, 4) is 0 Å². The lowest BCUT2D eigenvalue weighted by Crippen LogP contribution is -2.25. The third-order valence-corrected chi connectivity index (χ3v) is 4.63. The Morgan fingerprint density at radius 3 is 2.87 bits per heavy atom. The highest BCUT2D eigenvalue weighted by molar-refractivity contribution is 14.1. The van der Waals surface area contributed by atoms with Crippen molar-refractivity contribution in [2.75, 3.05) is 7.05 Å². The maximum atomic E-state index is 4.31. The van der Waals surface area contributed by atoms with Crippen LogP contribution in [0.2, 0.25) is 0 Å². The van der Waals surface area contributed by atoms with Crippen LogP contribution in [0, 0.1) is 3.57 Å². The highest BCUT2D eigenvalue weighted by Crippen LogP contribution is 2.45. The minimum absolute atomic E-state index is 0.732. The van der Waals surface area contributed by atoms with Crippen LogP contribution in [0.3, 0.4) is 0 Å². The Bertz CT molecular complexity index is 380. The summed E-state index contributed by atoms with van der Waals surface area (Å²) >= 11 is 2.35. The zero-order chi connectivity index (χ0) is 10.4. The van der Waals surface area contributed by atoms with Crippen LogP contribution in [0.1, 0.15) is 30.7 Å². The Labute approximate surface area is 104 Å². The smallest absolute Gasteiger partial charge is 0.0401 e. The average Bonchev–Trinajstić information content (AvgIpc) is 2.74. The van der Waals surface area contributed by atoms with Gasteiger partial charge in [0.05, 0.1) is 0 Å². The van der Waals surface area contributed by atoms with E-state index in [1.54, 1.807) is 0 Å². The second kappa shape index (κ2) is 3.70. The Hall–Kier alpha value is -0.160. The van der Waals surface area contributed by atoms with Crippen LogP contribution < -0.4 is 0 Å². The van der Waals surface area contributed by atoms with E-state index in [1.165, 1.54) is 28.4 Å². The summed E-state index contributed by atoms with van der Waals surface area (Å²) in [4.78, 5) is 6.89. The number of likely N-dealkylation sites (N-methyl/N-ethyl adjacent to an activating group) is 1. The molecular formula is C12H15IN2. The summed E-state index contributed by atoms with van der Waals surface area (Å²) in [6.45, 7) is 0. The Balaban J connectivity index is 1.90. The fraction of sp³-hybridized carbons (Fsp3) is 0.583. The Morgan fingerprint density at radius 2 is 2.27 bits per heavy atom. The molecule has 3 rings (SSSR count). The number of hydrogen-bond donors (Lipinski definition) is 0. The first kappa shape index (κ1) is 10.0. The molecule has 2 aliphatic rings. The van der Waals surface area contributed by atoms with Crippen molar-refractivity contribution in [1.29, 1.82) is 0 Å². The molecule has 1 aromatic heterocycles. The molecule has 3 heterocycles. The first-order chi connectivity index (χ1) is 7.25. The van der Waals surface area contributed by atoms with E-state index < -0.39 is 0 Å². The number of fused-ring (bicyclic) bond motifs is 2. The molecule has 3 atom stereocenters. The maximum absolute atomic E-state index is 4.31. The van der Waals surface area contributed by atoms with Gasteiger partial charge in [-0.3, -0.25) is 9.88 Å². The van der Waals surface area contributed by atoms with Crippen molar-refractivity contribution in [3.05, 3.63) is 27.6 Å². The average molecular weight is 314 g/mol. The van der Waals surface area contributed by atoms with Crippen LogP contribution in [0.15, 0.2) is 18.5 Å². The summed E-state index contributed by atoms with van der Waals surface area (Å²) in [5.41, 5.74) is 1.45. The first-order valence-corrected chi connectivity index (χ1v) is 6.66. The van der Waals surface area contributed by atoms with Crippen molar-refractivity contribution >= 4 is 22.6 Å². The largest absolute Gasteiger partial charge is 0.300 e. The SMILES string of the molecule is CN1[C@@H]2CC[C@@H]1[C@@H](c1cncc(I)c1)C2. The zero-order valence-electron chi connectivity index (χ0n) is 8.86. The molecule has 0 N–H and O–H groups in total. The lowest BCUT2D eigenvalue weighted by atomic mass is 9.85. The third kappa shape index (κ3) is 1.60. The predicted molar refractivity (Wildman–Crippen MR) is 68.9 cm³/mol. The van der Waals surface area contributed by atoms with Gasteiger partial charge in [-0.1, -0.05) is 0 Å². The quantitative estimate of drug-likeness (QED) is 0.741. The molecule has 0 amide bonds. The van der Waals surface area contributed by atoms with Gasteiger partial charge in [-0.2, -0.15) is 0 Å². The molecule has 0 unspecified atom stereocenters. The monoisotopic (exact) mass is 314 g/mol. The number of aromatic nitrogens is 1. The fourth-order valence-electron chi connectivity index (χ4n) is 3.25. The topological polar surface area (TPSA) is 16.1 Å². The molecular weight excluding hydrogens is 299 g/mol. The van der Waals surface area contributed by atoms with Crippen LogP contribution >= 0.6 is 22.6 Å². The molecule has 2 nitrogen and oxygen atoms in total. The van der Waals surface area contributed by atoms with Crippen molar-refractivity contribution in [2.45, 2.75) is 37.3 Å². The molecule has 80 valence electrons. The molecule has 0 radical (unpaired) electrons. The number of rotatable bonds is 1. The summed E-state index contributed by atoms with van der Waals surface area (Å²) in [6, 6.07) is 3.90. The van der Waals surface area contributed by atoms with E-state index >= 15 is 0 Å². The molecule has 0 aliphatic carbocycles. The van der Waals surface area contributed by atoms with E-state index in [2.05, 4.69) is 51.8 Å². The zero-order valence-corrected chi connectivity index (χ0v) is 11.0. The molecule has 15 heavy (non-hydrogen) atoms. The van der Waals surface area contributed by atoms with Gasteiger partial charge in [-0.15, -0.1) is 0 Å². The lowest BCUT2D eigenvalue weighted by molar-refractivity contribution is 0.307. The summed E-state index contributed by atoms with van der Waals surface area (Å²) in [5.74, 6) is 0.732. The van der Waals surface area contributed by atoms with E-state index in [-0.39, 0.29) is 0 Å².